The minimum absolute atomic E-state index is 0. The van der Waals surface area contributed by atoms with Crippen molar-refractivity contribution in [3.8, 4) is 5.75 Å². The van der Waals surface area contributed by atoms with Crippen LogP contribution in [-0.4, -0.2) is 17.0 Å². The van der Waals surface area contributed by atoms with Crippen LogP contribution < -0.4 is 4.74 Å². The lowest BCUT2D eigenvalue weighted by Gasteiger charge is -2.07. The summed E-state index contributed by atoms with van der Waals surface area (Å²) in [4.78, 5) is 22.0. The van der Waals surface area contributed by atoms with E-state index >= 15 is 0 Å². The lowest BCUT2D eigenvalue weighted by Crippen LogP contribution is -2.07. The van der Waals surface area contributed by atoms with Gasteiger partial charge in [-0.05, 0) is 22.9 Å². The second-order valence-corrected chi connectivity index (χ2v) is 3.59. The Morgan fingerprint density at radius 3 is 2.17 bits per heavy atom. The van der Waals surface area contributed by atoms with E-state index in [-0.39, 0.29) is 23.7 Å². The minimum atomic E-state index is -1.12. The predicted octanol–water partition coefficient (Wildman–Crippen LogP) is 2.89. The first-order valence-electron chi connectivity index (χ1n) is 5.02. The molecule has 1 N–H and O–H groups in total. The summed E-state index contributed by atoms with van der Waals surface area (Å²) in [5.74, 6) is -1.58. The van der Waals surface area contributed by atoms with Crippen LogP contribution in [0.15, 0.2) is 36.4 Å². The van der Waals surface area contributed by atoms with E-state index < -0.39 is 11.9 Å². The highest BCUT2D eigenvalue weighted by Crippen LogP contribution is 2.26. The van der Waals surface area contributed by atoms with Crippen molar-refractivity contribution >= 4 is 35.1 Å². The fourth-order valence-corrected chi connectivity index (χ4v) is 1.63. The first kappa shape index (κ1) is 14.0. The van der Waals surface area contributed by atoms with E-state index in [9.17, 15) is 9.59 Å². The molecule has 0 saturated carbocycles. The molecule has 2 aromatic carbocycles. The number of aromatic carboxylic acids is 1. The van der Waals surface area contributed by atoms with E-state index in [4.69, 9.17) is 9.84 Å². The number of carboxylic acids is 1. The Morgan fingerprint density at radius 1 is 1.11 bits per heavy atom. The van der Waals surface area contributed by atoms with Crippen molar-refractivity contribution in [1.29, 1.82) is 0 Å². The summed E-state index contributed by atoms with van der Waals surface area (Å²) in [6.45, 7) is 1.24. The maximum atomic E-state index is 11.1. The molecule has 0 amide bonds. The monoisotopic (exact) mass is 266 g/mol. The van der Waals surface area contributed by atoms with Crippen LogP contribution in [0.3, 0.4) is 0 Å². The minimum Gasteiger partial charge on any atom is -0.478 e. The maximum absolute atomic E-state index is 11.1. The molecule has 18 heavy (non-hydrogen) atoms. The van der Waals surface area contributed by atoms with Crippen LogP contribution in [0, 0.1) is 0 Å². The van der Waals surface area contributed by atoms with Crippen LogP contribution in [0.4, 0.5) is 0 Å². The number of ether oxygens (including phenoxy) is 1. The Hall–Kier alpha value is -2.07. The molecule has 94 valence electrons. The molecule has 5 heteroatoms. The fraction of sp³-hybridized carbons (Fsp3) is 0.0769. The first-order chi connectivity index (χ1) is 8.08. The van der Waals surface area contributed by atoms with Crippen LogP contribution >= 0.6 is 12.4 Å². The summed E-state index contributed by atoms with van der Waals surface area (Å²) in [5.41, 5.74) is -0.0149. The number of fused-ring (bicyclic) bond motifs is 1. The van der Waals surface area contributed by atoms with Crippen molar-refractivity contribution in [2.45, 2.75) is 6.92 Å². The van der Waals surface area contributed by atoms with Gasteiger partial charge in [0, 0.05) is 6.92 Å². The smallest absolute Gasteiger partial charge is 0.339 e. The molecule has 0 aliphatic rings. The molecular formula is C13H11ClO4. The molecule has 0 saturated heterocycles. The van der Waals surface area contributed by atoms with Crippen molar-refractivity contribution in [2.24, 2.45) is 0 Å². The largest absolute Gasteiger partial charge is 0.478 e. The zero-order valence-electron chi connectivity index (χ0n) is 9.54. The SMILES string of the molecule is CC(=O)Oc1cc2ccccc2cc1C(=O)O.Cl. The molecule has 0 radical (unpaired) electrons. The topological polar surface area (TPSA) is 63.6 Å². The number of rotatable bonds is 2. The summed E-state index contributed by atoms with van der Waals surface area (Å²) in [5, 5.41) is 10.7. The molecule has 0 bridgehead atoms. The van der Waals surface area contributed by atoms with Gasteiger partial charge in [0.2, 0.25) is 0 Å². The third-order valence-electron chi connectivity index (χ3n) is 2.33. The average molecular weight is 267 g/mol. The van der Waals surface area contributed by atoms with Crippen molar-refractivity contribution in [2.75, 3.05) is 0 Å². The van der Waals surface area contributed by atoms with Crippen LogP contribution in [-0.2, 0) is 4.79 Å². The van der Waals surface area contributed by atoms with Gasteiger partial charge in [-0.2, -0.15) is 0 Å². The van der Waals surface area contributed by atoms with Gasteiger partial charge in [0.25, 0.3) is 0 Å². The fourth-order valence-electron chi connectivity index (χ4n) is 1.63. The summed E-state index contributed by atoms with van der Waals surface area (Å²) >= 11 is 0. The zero-order valence-corrected chi connectivity index (χ0v) is 10.4. The van der Waals surface area contributed by atoms with Gasteiger partial charge in [-0.1, -0.05) is 24.3 Å². The highest BCUT2D eigenvalue weighted by molar-refractivity contribution is 5.98. The molecule has 0 spiro atoms. The van der Waals surface area contributed by atoms with Gasteiger partial charge in [0.15, 0.2) is 0 Å². The third kappa shape index (κ3) is 2.78. The number of carbonyl (C=O) groups is 2. The van der Waals surface area contributed by atoms with Crippen molar-refractivity contribution in [3.63, 3.8) is 0 Å². The van der Waals surface area contributed by atoms with Gasteiger partial charge in [0.05, 0.1) is 0 Å². The second-order valence-electron chi connectivity index (χ2n) is 3.59. The number of hydrogen-bond donors (Lipinski definition) is 1. The number of esters is 1. The van der Waals surface area contributed by atoms with Crippen LogP contribution in [0.1, 0.15) is 17.3 Å². The molecule has 0 atom stereocenters. The van der Waals surface area contributed by atoms with Gasteiger partial charge in [-0.3, -0.25) is 4.79 Å². The number of hydrogen-bond acceptors (Lipinski definition) is 3. The van der Waals surface area contributed by atoms with Crippen molar-refractivity contribution in [3.05, 3.63) is 42.0 Å². The molecule has 2 aromatic rings. The van der Waals surface area contributed by atoms with Crippen LogP contribution in [0.5, 0.6) is 5.75 Å². The quantitative estimate of drug-likeness (QED) is 0.671. The molecule has 0 aliphatic carbocycles. The van der Waals surface area contributed by atoms with E-state index in [1.807, 2.05) is 18.2 Å². The Labute approximate surface area is 110 Å². The lowest BCUT2D eigenvalue weighted by atomic mass is 10.1. The van der Waals surface area contributed by atoms with E-state index in [2.05, 4.69) is 0 Å². The number of carbonyl (C=O) groups excluding carboxylic acids is 1. The number of benzene rings is 2. The third-order valence-corrected chi connectivity index (χ3v) is 2.33. The molecule has 0 unspecified atom stereocenters. The van der Waals surface area contributed by atoms with E-state index in [1.165, 1.54) is 13.0 Å². The van der Waals surface area contributed by atoms with E-state index in [0.29, 0.717) is 0 Å². The summed E-state index contributed by atoms with van der Waals surface area (Å²) < 4.78 is 4.90. The van der Waals surface area contributed by atoms with Crippen LogP contribution in [0.2, 0.25) is 0 Å². The first-order valence-corrected chi connectivity index (χ1v) is 5.02. The molecule has 0 aromatic heterocycles. The van der Waals surface area contributed by atoms with Gasteiger partial charge >= 0.3 is 11.9 Å². The van der Waals surface area contributed by atoms with Gasteiger partial charge in [-0.25, -0.2) is 4.79 Å². The number of halogens is 1. The lowest BCUT2D eigenvalue weighted by molar-refractivity contribution is -0.131. The molecular weight excluding hydrogens is 256 g/mol. The normalized spacial score (nSPS) is 9.61. The molecule has 2 rings (SSSR count). The second kappa shape index (κ2) is 5.51. The standard InChI is InChI=1S/C13H10O4.ClH/c1-8(14)17-12-7-10-5-3-2-4-9(10)6-11(12)13(15)16;/h2-7H,1H3,(H,15,16);1H. The summed E-state index contributed by atoms with van der Waals surface area (Å²) in [7, 11) is 0. The average Bonchev–Trinajstić information content (AvgIpc) is 2.27. The van der Waals surface area contributed by atoms with E-state index in [0.717, 1.165) is 10.8 Å². The highest BCUT2D eigenvalue weighted by atomic mass is 35.5. The van der Waals surface area contributed by atoms with Gasteiger partial charge in [0.1, 0.15) is 11.3 Å². The van der Waals surface area contributed by atoms with Crippen molar-refractivity contribution < 1.29 is 19.4 Å². The summed E-state index contributed by atoms with van der Waals surface area (Å²) in [6, 6.07) is 10.3. The molecule has 0 aliphatic heterocycles. The Bertz CT molecular complexity index is 607. The Kier molecular flexibility index (Phi) is 4.28. The van der Waals surface area contributed by atoms with Crippen LogP contribution in [0.25, 0.3) is 10.8 Å². The Balaban J connectivity index is 0.00000162. The van der Waals surface area contributed by atoms with Gasteiger partial charge in [-0.15, -0.1) is 12.4 Å². The molecule has 0 heterocycles. The Morgan fingerprint density at radius 2 is 1.67 bits per heavy atom. The predicted molar refractivity (Wildman–Crippen MR) is 69.5 cm³/mol. The molecule has 0 fully saturated rings. The highest BCUT2D eigenvalue weighted by Gasteiger charge is 2.14. The number of carboxylic acid groups (broad SMARTS) is 1. The van der Waals surface area contributed by atoms with Gasteiger partial charge < -0.3 is 9.84 Å². The van der Waals surface area contributed by atoms with E-state index in [1.54, 1.807) is 12.1 Å². The molecule has 4 nitrogen and oxygen atoms in total. The van der Waals surface area contributed by atoms with Crippen molar-refractivity contribution in [1.82, 2.24) is 0 Å². The zero-order chi connectivity index (χ0) is 12.4. The maximum Gasteiger partial charge on any atom is 0.339 e. The summed E-state index contributed by atoms with van der Waals surface area (Å²) in [6.07, 6.45) is 0.